The predicted molar refractivity (Wildman–Crippen MR) is 73.0 cm³/mol. The zero-order chi connectivity index (χ0) is 12.3. The molecule has 2 rings (SSSR count). The van der Waals surface area contributed by atoms with Crippen LogP contribution in [0, 0.1) is 12.3 Å². The molecule has 1 aromatic rings. The van der Waals surface area contributed by atoms with Crippen molar-refractivity contribution in [1.82, 2.24) is 5.32 Å². The van der Waals surface area contributed by atoms with Crippen LogP contribution in [0.4, 0.5) is 0 Å². The third-order valence-corrected chi connectivity index (χ3v) is 3.64. The van der Waals surface area contributed by atoms with Crippen LogP contribution in [0.3, 0.4) is 0 Å². The van der Waals surface area contributed by atoms with Gasteiger partial charge in [-0.05, 0) is 50.2 Å². The molecule has 0 saturated carbocycles. The zero-order valence-corrected chi connectivity index (χ0v) is 10.8. The molecule has 0 aliphatic heterocycles. The number of nitrogens with one attached hydrogen (secondary N) is 1. The molecule has 0 heterocycles. The van der Waals surface area contributed by atoms with Crippen LogP contribution < -0.4 is 5.32 Å². The average molecular weight is 227 g/mol. The molecule has 1 N–H and O–H groups in total. The van der Waals surface area contributed by atoms with Crippen LogP contribution in [-0.4, -0.2) is 12.1 Å². The number of benzene rings is 1. The molecule has 1 aliphatic carbocycles. The van der Waals surface area contributed by atoms with E-state index in [1.807, 2.05) is 0 Å². The molecule has 0 radical (unpaired) electrons. The van der Waals surface area contributed by atoms with Gasteiger partial charge in [-0.1, -0.05) is 30.2 Å². The summed E-state index contributed by atoms with van der Waals surface area (Å²) in [6.45, 7) is 5.09. The third kappa shape index (κ3) is 2.90. The Bertz CT molecular complexity index is 425. The van der Waals surface area contributed by atoms with Crippen molar-refractivity contribution in [3.05, 3.63) is 35.4 Å². The molecule has 1 aliphatic rings. The molecule has 0 saturated heterocycles. The Kier molecular flexibility index (Phi) is 3.54. The van der Waals surface area contributed by atoms with Crippen molar-refractivity contribution in [3.8, 4) is 12.3 Å². The lowest BCUT2D eigenvalue weighted by Crippen LogP contribution is -2.40. The minimum absolute atomic E-state index is 0.202. The molecule has 1 unspecified atom stereocenters. The van der Waals surface area contributed by atoms with Crippen molar-refractivity contribution < 1.29 is 0 Å². The van der Waals surface area contributed by atoms with Gasteiger partial charge in [0.1, 0.15) is 0 Å². The second kappa shape index (κ2) is 4.94. The van der Waals surface area contributed by atoms with Crippen molar-refractivity contribution in [1.29, 1.82) is 0 Å². The van der Waals surface area contributed by atoms with Crippen LogP contribution in [0.15, 0.2) is 24.3 Å². The summed E-state index contributed by atoms with van der Waals surface area (Å²) >= 11 is 0. The van der Waals surface area contributed by atoms with Crippen molar-refractivity contribution >= 4 is 0 Å². The first-order valence-corrected chi connectivity index (χ1v) is 6.43. The number of fused-ring (bicyclic) bond motifs is 1. The van der Waals surface area contributed by atoms with Gasteiger partial charge in [-0.3, -0.25) is 0 Å². The zero-order valence-electron chi connectivity index (χ0n) is 10.8. The third-order valence-electron chi connectivity index (χ3n) is 3.64. The Morgan fingerprint density at radius 3 is 2.94 bits per heavy atom. The van der Waals surface area contributed by atoms with Gasteiger partial charge in [-0.25, -0.2) is 0 Å². The molecular weight excluding hydrogens is 206 g/mol. The van der Waals surface area contributed by atoms with E-state index in [9.17, 15) is 0 Å². The minimum atomic E-state index is -0.202. The molecule has 0 bridgehead atoms. The van der Waals surface area contributed by atoms with E-state index >= 15 is 0 Å². The van der Waals surface area contributed by atoms with E-state index in [2.05, 4.69) is 49.4 Å². The maximum absolute atomic E-state index is 5.50. The molecule has 1 aromatic carbocycles. The highest BCUT2D eigenvalue weighted by Crippen LogP contribution is 2.31. The smallest absolute Gasteiger partial charge is 0.0741 e. The van der Waals surface area contributed by atoms with E-state index in [4.69, 9.17) is 6.42 Å². The second-order valence-corrected chi connectivity index (χ2v) is 5.44. The summed E-state index contributed by atoms with van der Waals surface area (Å²) in [5.74, 6) is 3.41. The van der Waals surface area contributed by atoms with Gasteiger partial charge in [0.15, 0.2) is 0 Å². The fraction of sp³-hybridized carbons (Fsp3) is 0.500. The van der Waals surface area contributed by atoms with Crippen molar-refractivity contribution in [3.63, 3.8) is 0 Å². The van der Waals surface area contributed by atoms with Gasteiger partial charge in [0.25, 0.3) is 0 Å². The SMILES string of the molecule is C#CC(C)(C)NCC1CCCc2ccccc21. The highest BCUT2D eigenvalue weighted by Gasteiger charge is 2.22. The number of rotatable bonds is 3. The molecule has 17 heavy (non-hydrogen) atoms. The van der Waals surface area contributed by atoms with Gasteiger partial charge in [0.2, 0.25) is 0 Å². The van der Waals surface area contributed by atoms with E-state index in [0.717, 1.165) is 6.54 Å². The van der Waals surface area contributed by atoms with Crippen LogP contribution in [0.5, 0.6) is 0 Å². The normalized spacial score (nSPS) is 19.5. The average Bonchev–Trinajstić information content (AvgIpc) is 2.36. The topological polar surface area (TPSA) is 12.0 Å². The summed E-state index contributed by atoms with van der Waals surface area (Å²) in [4.78, 5) is 0. The Hall–Kier alpha value is -1.26. The van der Waals surface area contributed by atoms with E-state index in [0.29, 0.717) is 5.92 Å². The monoisotopic (exact) mass is 227 g/mol. The molecule has 0 aromatic heterocycles. The predicted octanol–water partition coefficient (Wildman–Crippen LogP) is 3.11. The highest BCUT2D eigenvalue weighted by atomic mass is 14.9. The van der Waals surface area contributed by atoms with Crippen LogP contribution in [0.25, 0.3) is 0 Å². The summed E-state index contributed by atoms with van der Waals surface area (Å²) in [6.07, 6.45) is 9.29. The van der Waals surface area contributed by atoms with Crippen molar-refractivity contribution in [2.45, 2.75) is 44.6 Å². The Morgan fingerprint density at radius 1 is 1.41 bits per heavy atom. The lowest BCUT2D eigenvalue weighted by molar-refractivity contribution is 0.433. The quantitative estimate of drug-likeness (QED) is 0.782. The van der Waals surface area contributed by atoms with Crippen LogP contribution in [-0.2, 0) is 6.42 Å². The molecule has 1 heteroatoms. The Balaban J connectivity index is 2.07. The van der Waals surface area contributed by atoms with Crippen LogP contribution >= 0.6 is 0 Å². The summed E-state index contributed by atoms with van der Waals surface area (Å²) in [7, 11) is 0. The molecule has 1 nitrogen and oxygen atoms in total. The van der Waals surface area contributed by atoms with Crippen molar-refractivity contribution in [2.75, 3.05) is 6.54 Å². The van der Waals surface area contributed by atoms with E-state index in [1.165, 1.54) is 30.4 Å². The summed E-state index contributed by atoms with van der Waals surface area (Å²) in [5, 5.41) is 3.48. The summed E-state index contributed by atoms with van der Waals surface area (Å²) in [5.41, 5.74) is 2.83. The van der Waals surface area contributed by atoms with E-state index < -0.39 is 0 Å². The lowest BCUT2D eigenvalue weighted by Gasteiger charge is -2.29. The van der Waals surface area contributed by atoms with Crippen molar-refractivity contribution in [2.24, 2.45) is 0 Å². The second-order valence-electron chi connectivity index (χ2n) is 5.44. The maximum Gasteiger partial charge on any atom is 0.0741 e. The van der Waals surface area contributed by atoms with Gasteiger partial charge in [-0.15, -0.1) is 6.42 Å². The summed E-state index contributed by atoms with van der Waals surface area (Å²) in [6, 6.07) is 8.81. The fourth-order valence-electron chi connectivity index (χ4n) is 2.50. The minimum Gasteiger partial charge on any atom is -0.301 e. The Morgan fingerprint density at radius 2 is 2.18 bits per heavy atom. The Labute approximate surface area is 105 Å². The number of hydrogen-bond acceptors (Lipinski definition) is 1. The van der Waals surface area contributed by atoms with Gasteiger partial charge in [0.05, 0.1) is 5.54 Å². The first kappa shape index (κ1) is 12.2. The standard InChI is InChI=1S/C16H21N/c1-4-16(2,3)17-12-14-10-7-9-13-8-5-6-11-15(13)14/h1,5-6,8,11,14,17H,7,9-10,12H2,2-3H3. The maximum atomic E-state index is 5.50. The number of terminal acetylenes is 1. The van der Waals surface area contributed by atoms with Gasteiger partial charge < -0.3 is 5.32 Å². The van der Waals surface area contributed by atoms with E-state index in [1.54, 1.807) is 0 Å². The largest absolute Gasteiger partial charge is 0.301 e. The molecule has 1 atom stereocenters. The van der Waals surface area contributed by atoms with Crippen LogP contribution in [0.1, 0.15) is 43.7 Å². The van der Waals surface area contributed by atoms with Gasteiger partial charge >= 0.3 is 0 Å². The molecule has 0 fully saturated rings. The highest BCUT2D eigenvalue weighted by molar-refractivity contribution is 5.33. The molecule has 0 amide bonds. The first-order valence-electron chi connectivity index (χ1n) is 6.43. The van der Waals surface area contributed by atoms with Crippen LogP contribution in [0.2, 0.25) is 0 Å². The van der Waals surface area contributed by atoms with Gasteiger partial charge in [-0.2, -0.15) is 0 Å². The van der Waals surface area contributed by atoms with Gasteiger partial charge in [0, 0.05) is 6.54 Å². The fourth-order valence-corrected chi connectivity index (χ4v) is 2.50. The molecular formula is C16H21N. The summed E-state index contributed by atoms with van der Waals surface area (Å²) < 4.78 is 0. The van der Waals surface area contributed by atoms with E-state index in [-0.39, 0.29) is 5.54 Å². The lowest BCUT2D eigenvalue weighted by atomic mass is 9.82. The molecule has 0 spiro atoms. The first-order chi connectivity index (χ1) is 8.12. The molecule has 90 valence electrons. The number of aryl methyl sites for hydroxylation is 1. The number of hydrogen-bond donors (Lipinski definition) is 1.